The molecule has 1 aromatic rings. The Morgan fingerprint density at radius 1 is 1.44 bits per heavy atom. The van der Waals surface area contributed by atoms with Crippen molar-refractivity contribution in [2.24, 2.45) is 5.92 Å². The molecule has 0 atom stereocenters. The number of hydrogen-bond donors (Lipinski definition) is 2. The van der Waals surface area contributed by atoms with Crippen molar-refractivity contribution in [1.29, 1.82) is 0 Å². The lowest BCUT2D eigenvalue weighted by Gasteiger charge is -2.22. The van der Waals surface area contributed by atoms with Crippen molar-refractivity contribution >= 4 is 17.3 Å². The summed E-state index contributed by atoms with van der Waals surface area (Å²) >= 11 is 0. The molecule has 0 radical (unpaired) electrons. The lowest BCUT2D eigenvalue weighted by Crippen LogP contribution is -2.21. The Kier molecular flexibility index (Phi) is 5.01. The fourth-order valence-corrected chi connectivity index (χ4v) is 1.91. The smallest absolute Gasteiger partial charge is 0.337 e. The van der Waals surface area contributed by atoms with Crippen molar-refractivity contribution in [2.75, 3.05) is 24.2 Å². The van der Waals surface area contributed by atoms with Crippen LogP contribution < -0.4 is 10.6 Å². The van der Waals surface area contributed by atoms with E-state index in [4.69, 9.17) is 5.73 Å². The monoisotopic (exact) mass is 250 g/mol. The van der Waals surface area contributed by atoms with E-state index >= 15 is 0 Å². The van der Waals surface area contributed by atoms with Crippen LogP contribution in [0.2, 0.25) is 0 Å². The standard InChI is InChI=1S/C14H22N2O2/c1-10(2)5-4-8-16(3)13-7-6-11(15)9-12(13)14(17)18/h6-7,9-10H,4-5,8,15H2,1-3H3,(H,17,18). The van der Waals surface area contributed by atoms with E-state index in [1.807, 2.05) is 11.9 Å². The third-order valence-corrected chi connectivity index (χ3v) is 2.94. The van der Waals surface area contributed by atoms with Gasteiger partial charge in [0, 0.05) is 19.3 Å². The second-order valence-corrected chi connectivity index (χ2v) is 5.04. The molecule has 100 valence electrons. The maximum Gasteiger partial charge on any atom is 0.337 e. The van der Waals surface area contributed by atoms with Crippen LogP contribution in [-0.2, 0) is 0 Å². The lowest BCUT2D eigenvalue weighted by atomic mass is 10.1. The normalized spacial score (nSPS) is 10.7. The van der Waals surface area contributed by atoms with Crippen LogP contribution in [0.4, 0.5) is 11.4 Å². The molecule has 4 heteroatoms. The van der Waals surface area contributed by atoms with E-state index in [1.54, 1.807) is 12.1 Å². The number of rotatable bonds is 6. The van der Waals surface area contributed by atoms with Gasteiger partial charge in [-0.25, -0.2) is 4.79 Å². The minimum Gasteiger partial charge on any atom is -0.478 e. The summed E-state index contributed by atoms with van der Waals surface area (Å²) in [6.07, 6.45) is 2.19. The molecule has 0 amide bonds. The van der Waals surface area contributed by atoms with Gasteiger partial charge in [0.15, 0.2) is 0 Å². The molecule has 0 aliphatic heterocycles. The molecule has 0 aliphatic carbocycles. The van der Waals surface area contributed by atoms with Crippen molar-refractivity contribution in [3.8, 4) is 0 Å². The fraction of sp³-hybridized carbons (Fsp3) is 0.500. The van der Waals surface area contributed by atoms with Crippen molar-refractivity contribution in [3.63, 3.8) is 0 Å². The molecule has 0 aliphatic rings. The third kappa shape index (κ3) is 3.95. The summed E-state index contributed by atoms with van der Waals surface area (Å²) in [6.45, 7) is 5.22. The Balaban J connectivity index is 2.78. The molecule has 4 nitrogen and oxygen atoms in total. The van der Waals surface area contributed by atoms with E-state index in [9.17, 15) is 9.90 Å². The fourth-order valence-electron chi connectivity index (χ4n) is 1.91. The van der Waals surface area contributed by atoms with Crippen LogP contribution in [0.3, 0.4) is 0 Å². The number of aromatic carboxylic acids is 1. The van der Waals surface area contributed by atoms with Gasteiger partial charge in [-0.3, -0.25) is 0 Å². The van der Waals surface area contributed by atoms with Crippen molar-refractivity contribution in [2.45, 2.75) is 26.7 Å². The highest BCUT2D eigenvalue weighted by Crippen LogP contribution is 2.22. The largest absolute Gasteiger partial charge is 0.478 e. The Hall–Kier alpha value is -1.71. The molecule has 0 bridgehead atoms. The van der Waals surface area contributed by atoms with E-state index in [1.165, 1.54) is 6.07 Å². The third-order valence-electron chi connectivity index (χ3n) is 2.94. The highest BCUT2D eigenvalue weighted by molar-refractivity contribution is 5.95. The predicted molar refractivity (Wildman–Crippen MR) is 75.2 cm³/mol. The summed E-state index contributed by atoms with van der Waals surface area (Å²) < 4.78 is 0. The lowest BCUT2D eigenvalue weighted by molar-refractivity contribution is 0.0697. The zero-order valence-corrected chi connectivity index (χ0v) is 11.3. The Morgan fingerprint density at radius 3 is 2.67 bits per heavy atom. The van der Waals surface area contributed by atoms with Crippen molar-refractivity contribution in [3.05, 3.63) is 23.8 Å². The van der Waals surface area contributed by atoms with E-state index in [0.717, 1.165) is 25.1 Å². The summed E-state index contributed by atoms with van der Waals surface area (Å²) in [5, 5.41) is 9.17. The summed E-state index contributed by atoms with van der Waals surface area (Å²) in [5.74, 6) is -0.267. The molecule has 0 aromatic heterocycles. The van der Waals surface area contributed by atoms with Crippen LogP contribution in [0.15, 0.2) is 18.2 Å². The molecule has 0 saturated carbocycles. The zero-order valence-electron chi connectivity index (χ0n) is 11.3. The van der Waals surface area contributed by atoms with Gasteiger partial charge in [0.05, 0.1) is 11.3 Å². The van der Waals surface area contributed by atoms with Crippen LogP contribution in [0.25, 0.3) is 0 Å². The van der Waals surface area contributed by atoms with Crippen LogP contribution in [-0.4, -0.2) is 24.7 Å². The van der Waals surface area contributed by atoms with Crippen LogP contribution in [0.1, 0.15) is 37.0 Å². The zero-order chi connectivity index (χ0) is 13.7. The van der Waals surface area contributed by atoms with Gasteiger partial charge in [0.25, 0.3) is 0 Å². The van der Waals surface area contributed by atoms with Gasteiger partial charge >= 0.3 is 5.97 Å². The molecular formula is C14H22N2O2. The first kappa shape index (κ1) is 14.4. The molecule has 0 saturated heterocycles. The van der Waals surface area contributed by atoms with Gasteiger partial charge in [0.2, 0.25) is 0 Å². The molecular weight excluding hydrogens is 228 g/mol. The van der Waals surface area contributed by atoms with Gasteiger partial charge in [-0.15, -0.1) is 0 Å². The number of hydrogen-bond acceptors (Lipinski definition) is 3. The average molecular weight is 250 g/mol. The van der Waals surface area contributed by atoms with Crippen LogP contribution >= 0.6 is 0 Å². The van der Waals surface area contributed by atoms with Gasteiger partial charge in [0.1, 0.15) is 0 Å². The van der Waals surface area contributed by atoms with Crippen molar-refractivity contribution in [1.82, 2.24) is 0 Å². The molecule has 0 spiro atoms. The van der Waals surface area contributed by atoms with E-state index in [-0.39, 0.29) is 5.56 Å². The highest BCUT2D eigenvalue weighted by Gasteiger charge is 2.13. The SMILES string of the molecule is CC(C)CCCN(C)c1ccc(N)cc1C(=O)O. The molecule has 18 heavy (non-hydrogen) atoms. The summed E-state index contributed by atoms with van der Waals surface area (Å²) in [5.41, 5.74) is 7.09. The number of nitrogens with two attached hydrogens (primary N) is 1. The van der Waals surface area contributed by atoms with Gasteiger partial charge in [-0.2, -0.15) is 0 Å². The number of carboxylic acid groups (broad SMARTS) is 1. The maximum absolute atomic E-state index is 11.2. The summed E-state index contributed by atoms with van der Waals surface area (Å²) in [4.78, 5) is 13.2. The molecule has 0 unspecified atom stereocenters. The van der Waals surface area contributed by atoms with Crippen LogP contribution in [0.5, 0.6) is 0 Å². The quantitative estimate of drug-likeness (QED) is 0.762. The number of carbonyl (C=O) groups is 1. The number of anilines is 2. The molecule has 3 N–H and O–H groups in total. The van der Waals surface area contributed by atoms with E-state index in [2.05, 4.69) is 13.8 Å². The second-order valence-electron chi connectivity index (χ2n) is 5.04. The first-order chi connectivity index (χ1) is 8.41. The number of nitrogens with zero attached hydrogens (tertiary/aromatic N) is 1. The second kappa shape index (κ2) is 6.28. The summed E-state index contributed by atoms with van der Waals surface area (Å²) in [7, 11) is 1.91. The number of nitrogen functional groups attached to an aromatic ring is 1. The Labute approximate surface area is 108 Å². The van der Waals surface area contributed by atoms with E-state index in [0.29, 0.717) is 11.6 Å². The highest BCUT2D eigenvalue weighted by atomic mass is 16.4. The average Bonchev–Trinajstić information content (AvgIpc) is 2.28. The predicted octanol–water partition coefficient (Wildman–Crippen LogP) is 2.84. The van der Waals surface area contributed by atoms with E-state index < -0.39 is 5.97 Å². The number of carboxylic acids is 1. The first-order valence-corrected chi connectivity index (χ1v) is 6.25. The Morgan fingerprint density at radius 2 is 2.11 bits per heavy atom. The van der Waals surface area contributed by atoms with Crippen LogP contribution in [0, 0.1) is 5.92 Å². The minimum absolute atomic E-state index is 0.266. The van der Waals surface area contributed by atoms with Gasteiger partial charge < -0.3 is 15.7 Å². The molecule has 0 fully saturated rings. The topological polar surface area (TPSA) is 66.6 Å². The van der Waals surface area contributed by atoms with Gasteiger partial charge in [-0.1, -0.05) is 13.8 Å². The molecule has 1 aromatic carbocycles. The molecule has 0 heterocycles. The van der Waals surface area contributed by atoms with Crippen molar-refractivity contribution < 1.29 is 9.90 Å². The molecule has 1 rings (SSSR count). The maximum atomic E-state index is 11.2. The Bertz CT molecular complexity index is 416. The first-order valence-electron chi connectivity index (χ1n) is 6.25. The minimum atomic E-state index is -0.937. The van der Waals surface area contributed by atoms with Gasteiger partial charge in [-0.05, 0) is 37.0 Å². The summed E-state index contributed by atoms with van der Waals surface area (Å²) in [6, 6.07) is 5.02. The number of benzene rings is 1.